The van der Waals surface area contributed by atoms with Gasteiger partial charge in [-0.15, -0.1) is 0 Å². The molecule has 0 saturated carbocycles. The standard InChI is InChI=1S/C21H23Cl2FN2O2S/c1-3-26(13-14-5-4-6-16(24)11-14)21(28)19(9-10-29-2)25-20(27)17-8-7-15(22)12-18(17)23/h4-8,11-12,19H,3,9-10,13H2,1-2H3,(H,25,27). The summed E-state index contributed by atoms with van der Waals surface area (Å²) in [5.74, 6) is -0.310. The highest BCUT2D eigenvalue weighted by atomic mass is 35.5. The molecule has 0 radical (unpaired) electrons. The third-order valence-corrected chi connectivity index (χ3v) is 5.54. The fraction of sp³-hybridized carbons (Fsp3) is 0.333. The fourth-order valence-electron chi connectivity index (χ4n) is 2.82. The fourth-order valence-corrected chi connectivity index (χ4v) is 3.79. The SMILES string of the molecule is CCN(Cc1cccc(F)c1)C(=O)C(CCSC)NC(=O)c1ccc(Cl)cc1Cl. The van der Waals surface area contributed by atoms with Crippen LogP contribution in [0.5, 0.6) is 0 Å². The third kappa shape index (κ3) is 6.91. The summed E-state index contributed by atoms with van der Waals surface area (Å²) in [6.45, 7) is 2.55. The van der Waals surface area contributed by atoms with Gasteiger partial charge in [0.1, 0.15) is 11.9 Å². The first-order chi connectivity index (χ1) is 13.8. The molecule has 0 spiro atoms. The zero-order chi connectivity index (χ0) is 21.4. The Morgan fingerprint density at radius 1 is 1.21 bits per heavy atom. The number of halogens is 3. The molecule has 0 aliphatic rings. The largest absolute Gasteiger partial charge is 0.340 e. The summed E-state index contributed by atoms with van der Waals surface area (Å²) in [6, 6.07) is 10.0. The molecule has 0 fully saturated rings. The van der Waals surface area contributed by atoms with Crippen LogP contribution in [0.4, 0.5) is 4.39 Å². The molecule has 8 heteroatoms. The normalized spacial score (nSPS) is 11.8. The van der Waals surface area contributed by atoms with Crippen molar-refractivity contribution >= 4 is 46.8 Å². The Hall–Kier alpha value is -1.76. The van der Waals surface area contributed by atoms with Gasteiger partial charge < -0.3 is 10.2 Å². The Morgan fingerprint density at radius 3 is 2.59 bits per heavy atom. The van der Waals surface area contributed by atoms with Crippen LogP contribution >= 0.6 is 35.0 Å². The number of benzene rings is 2. The highest BCUT2D eigenvalue weighted by molar-refractivity contribution is 7.98. The Balaban J connectivity index is 2.17. The highest BCUT2D eigenvalue weighted by Crippen LogP contribution is 2.21. The summed E-state index contributed by atoms with van der Waals surface area (Å²) in [7, 11) is 0. The number of hydrogen-bond acceptors (Lipinski definition) is 3. The molecule has 1 unspecified atom stereocenters. The lowest BCUT2D eigenvalue weighted by Gasteiger charge is -2.27. The van der Waals surface area contributed by atoms with Crippen LogP contribution in [0.2, 0.25) is 10.0 Å². The first kappa shape index (κ1) is 23.5. The smallest absolute Gasteiger partial charge is 0.253 e. The van der Waals surface area contributed by atoms with E-state index in [1.807, 2.05) is 13.2 Å². The molecular formula is C21H23Cl2FN2O2S. The van der Waals surface area contributed by atoms with Gasteiger partial charge in [0.25, 0.3) is 5.91 Å². The highest BCUT2D eigenvalue weighted by Gasteiger charge is 2.26. The molecule has 1 N–H and O–H groups in total. The zero-order valence-electron chi connectivity index (χ0n) is 16.3. The number of rotatable bonds is 9. The molecule has 2 amide bonds. The molecular weight excluding hydrogens is 434 g/mol. The van der Waals surface area contributed by atoms with Crippen molar-refractivity contribution in [2.45, 2.75) is 25.9 Å². The van der Waals surface area contributed by atoms with Gasteiger partial charge in [0, 0.05) is 18.1 Å². The van der Waals surface area contributed by atoms with Crippen LogP contribution < -0.4 is 5.32 Å². The van der Waals surface area contributed by atoms with Crippen molar-refractivity contribution in [3.8, 4) is 0 Å². The summed E-state index contributed by atoms with van der Waals surface area (Å²) < 4.78 is 13.5. The minimum atomic E-state index is -0.713. The van der Waals surface area contributed by atoms with Crippen molar-refractivity contribution in [2.24, 2.45) is 0 Å². The molecule has 0 heterocycles. The van der Waals surface area contributed by atoms with Gasteiger partial charge in [-0.3, -0.25) is 9.59 Å². The lowest BCUT2D eigenvalue weighted by Crippen LogP contribution is -2.48. The van der Waals surface area contributed by atoms with Crippen LogP contribution in [0.15, 0.2) is 42.5 Å². The van der Waals surface area contributed by atoms with Crippen LogP contribution in [0.25, 0.3) is 0 Å². The molecule has 0 aliphatic carbocycles. The van der Waals surface area contributed by atoms with E-state index in [-0.39, 0.29) is 28.9 Å². The Bertz CT molecular complexity index is 866. The van der Waals surface area contributed by atoms with E-state index in [0.29, 0.717) is 29.3 Å². The van der Waals surface area contributed by atoms with Gasteiger partial charge in [-0.25, -0.2) is 4.39 Å². The Morgan fingerprint density at radius 2 is 1.97 bits per heavy atom. The summed E-state index contributed by atoms with van der Waals surface area (Å²) in [5, 5.41) is 3.44. The topological polar surface area (TPSA) is 49.4 Å². The third-order valence-electron chi connectivity index (χ3n) is 4.35. The van der Waals surface area contributed by atoms with Crippen molar-refractivity contribution in [2.75, 3.05) is 18.6 Å². The van der Waals surface area contributed by atoms with E-state index in [2.05, 4.69) is 5.32 Å². The van der Waals surface area contributed by atoms with Gasteiger partial charge in [-0.05, 0) is 61.2 Å². The van der Waals surface area contributed by atoms with Gasteiger partial charge in [0.2, 0.25) is 5.91 Å². The van der Waals surface area contributed by atoms with E-state index in [4.69, 9.17) is 23.2 Å². The average molecular weight is 457 g/mol. The zero-order valence-corrected chi connectivity index (χ0v) is 18.6. The van der Waals surface area contributed by atoms with Crippen molar-refractivity contribution < 1.29 is 14.0 Å². The molecule has 0 saturated heterocycles. The number of likely N-dealkylation sites (N-methyl/N-ethyl adjacent to an activating group) is 1. The molecule has 4 nitrogen and oxygen atoms in total. The van der Waals surface area contributed by atoms with Gasteiger partial charge in [-0.1, -0.05) is 35.3 Å². The maximum Gasteiger partial charge on any atom is 0.253 e. The second-order valence-corrected chi connectivity index (χ2v) is 8.24. The second kappa shape index (κ2) is 11.4. The van der Waals surface area contributed by atoms with Crippen LogP contribution in [0.1, 0.15) is 29.3 Å². The van der Waals surface area contributed by atoms with Crippen molar-refractivity contribution in [3.05, 3.63) is 69.5 Å². The molecule has 1 atom stereocenters. The van der Waals surface area contributed by atoms with Crippen LogP contribution in [0, 0.1) is 5.82 Å². The van der Waals surface area contributed by atoms with Crippen molar-refractivity contribution in [3.63, 3.8) is 0 Å². The van der Waals surface area contributed by atoms with Gasteiger partial charge >= 0.3 is 0 Å². The monoisotopic (exact) mass is 456 g/mol. The minimum Gasteiger partial charge on any atom is -0.340 e. The molecule has 0 aliphatic heterocycles. The second-order valence-electron chi connectivity index (χ2n) is 6.41. The first-order valence-corrected chi connectivity index (χ1v) is 11.3. The van der Waals surface area contributed by atoms with E-state index in [9.17, 15) is 14.0 Å². The van der Waals surface area contributed by atoms with Gasteiger partial charge in [0.05, 0.1) is 10.6 Å². The lowest BCUT2D eigenvalue weighted by atomic mass is 10.1. The molecule has 2 rings (SSSR count). The molecule has 0 aromatic heterocycles. The van der Waals surface area contributed by atoms with Crippen LogP contribution in [0.3, 0.4) is 0 Å². The molecule has 0 bridgehead atoms. The summed E-state index contributed by atoms with van der Waals surface area (Å²) >= 11 is 13.6. The van der Waals surface area contributed by atoms with Crippen molar-refractivity contribution in [1.82, 2.24) is 10.2 Å². The number of hydrogen-bond donors (Lipinski definition) is 1. The van der Waals surface area contributed by atoms with Gasteiger partial charge in [-0.2, -0.15) is 11.8 Å². The summed E-state index contributed by atoms with van der Waals surface area (Å²) in [4.78, 5) is 27.4. The van der Waals surface area contributed by atoms with Crippen molar-refractivity contribution in [1.29, 1.82) is 0 Å². The average Bonchev–Trinajstić information content (AvgIpc) is 2.68. The van der Waals surface area contributed by atoms with Gasteiger partial charge in [0.15, 0.2) is 0 Å². The molecule has 2 aromatic carbocycles. The predicted molar refractivity (Wildman–Crippen MR) is 118 cm³/mol. The number of amides is 2. The predicted octanol–water partition coefficient (Wildman–Crippen LogP) is 5.03. The van der Waals surface area contributed by atoms with E-state index in [0.717, 1.165) is 0 Å². The van der Waals surface area contributed by atoms with E-state index >= 15 is 0 Å². The maximum absolute atomic E-state index is 13.5. The van der Waals surface area contributed by atoms with E-state index < -0.39 is 11.9 Å². The number of nitrogens with zero attached hydrogens (tertiary/aromatic N) is 1. The number of carbonyl (C=O) groups excluding carboxylic acids is 2. The van der Waals surface area contributed by atoms with Crippen LogP contribution in [-0.2, 0) is 11.3 Å². The number of carbonyl (C=O) groups is 2. The maximum atomic E-state index is 13.5. The van der Waals surface area contributed by atoms with Crippen LogP contribution in [-0.4, -0.2) is 41.3 Å². The number of thioether (sulfide) groups is 1. The quantitative estimate of drug-likeness (QED) is 0.575. The minimum absolute atomic E-state index is 0.218. The first-order valence-electron chi connectivity index (χ1n) is 9.13. The molecule has 156 valence electrons. The Labute approximate surface area is 184 Å². The number of nitrogens with one attached hydrogen (secondary N) is 1. The molecule has 29 heavy (non-hydrogen) atoms. The Kier molecular flexibility index (Phi) is 9.27. The summed E-state index contributed by atoms with van der Waals surface area (Å²) in [6.07, 6.45) is 2.40. The molecule has 2 aromatic rings. The summed E-state index contributed by atoms with van der Waals surface area (Å²) in [5.41, 5.74) is 0.946. The van der Waals surface area contributed by atoms with E-state index in [1.54, 1.807) is 34.9 Å². The van der Waals surface area contributed by atoms with E-state index in [1.165, 1.54) is 24.3 Å². The lowest BCUT2D eigenvalue weighted by molar-refractivity contribution is -0.133.